The topological polar surface area (TPSA) is 47.9 Å². The normalized spacial score (nSPS) is 18.9. The Morgan fingerprint density at radius 1 is 1.39 bits per heavy atom. The van der Waals surface area contributed by atoms with Crippen LogP contribution in [-0.4, -0.2) is 61.4 Å². The maximum atomic E-state index is 13.0. The van der Waals surface area contributed by atoms with Gasteiger partial charge in [-0.25, -0.2) is 4.99 Å². The van der Waals surface area contributed by atoms with Gasteiger partial charge in [0.15, 0.2) is 5.96 Å². The molecule has 1 saturated heterocycles. The molecule has 1 aromatic carbocycles. The number of likely N-dealkylation sites (tertiary alicyclic amines) is 1. The van der Waals surface area contributed by atoms with E-state index in [-0.39, 0.29) is 24.4 Å². The number of alkyl halides is 3. The number of carbonyl (C=O) groups excluding carboxylic acids is 1. The lowest BCUT2D eigenvalue weighted by atomic mass is 9.96. The minimum absolute atomic E-state index is 0.00390. The van der Waals surface area contributed by atoms with Gasteiger partial charge in [-0.15, -0.1) is 0 Å². The molecule has 2 rings (SSSR count). The summed E-state index contributed by atoms with van der Waals surface area (Å²) in [6.45, 7) is 5.37. The monoisotopic (exact) mass is 398 g/mol. The maximum Gasteiger partial charge on any atom is 0.416 e. The van der Waals surface area contributed by atoms with Gasteiger partial charge in [-0.3, -0.25) is 4.79 Å². The average Bonchev–Trinajstić information content (AvgIpc) is 3.14. The van der Waals surface area contributed by atoms with Crippen LogP contribution >= 0.6 is 0 Å². The van der Waals surface area contributed by atoms with Gasteiger partial charge in [0.05, 0.1) is 5.56 Å². The Morgan fingerprint density at radius 2 is 2.11 bits per heavy atom. The van der Waals surface area contributed by atoms with Crippen molar-refractivity contribution >= 4 is 11.9 Å². The Bertz CT molecular complexity index is 703. The highest BCUT2D eigenvalue weighted by atomic mass is 19.4. The SMILES string of the molecule is CCC(C)NC(=NCC(=O)N(C)C)N1CCC(c2cccc(C(F)(F)F)c2)C1. The molecule has 1 heterocycles. The van der Waals surface area contributed by atoms with Crippen LogP contribution in [-0.2, 0) is 11.0 Å². The van der Waals surface area contributed by atoms with Crippen molar-refractivity contribution in [2.24, 2.45) is 4.99 Å². The van der Waals surface area contributed by atoms with Gasteiger partial charge in [-0.1, -0.05) is 25.1 Å². The van der Waals surface area contributed by atoms with Crippen LogP contribution in [0.3, 0.4) is 0 Å². The number of rotatable bonds is 5. The van der Waals surface area contributed by atoms with Gasteiger partial charge >= 0.3 is 6.18 Å². The first-order chi connectivity index (χ1) is 13.1. The summed E-state index contributed by atoms with van der Waals surface area (Å²) in [6, 6.07) is 5.73. The third-order valence-electron chi connectivity index (χ3n) is 5.02. The molecule has 1 N–H and O–H groups in total. The van der Waals surface area contributed by atoms with E-state index >= 15 is 0 Å². The van der Waals surface area contributed by atoms with E-state index in [1.165, 1.54) is 17.0 Å². The van der Waals surface area contributed by atoms with Gasteiger partial charge in [-0.05, 0) is 31.4 Å². The zero-order valence-corrected chi connectivity index (χ0v) is 16.9. The molecule has 156 valence electrons. The minimum Gasteiger partial charge on any atom is -0.354 e. The fourth-order valence-electron chi connectivity index (χ4n) is 3.04. The minimum atomic E-state index is -4.34. The van der Waals surface area contributed by atoms with Crippen LogP contribution in [0.5, 0.6) is 0 Å². The highest BCUT2D eigenvalue weighted by Gasteiger charge is 2.32. The van der Waals surface area contributed by atoms with Crippen molar-refractivity contribution in [2.75, 3.05) is 33.7 Å². The predicted octanol–water partition coefficient (Wildman–Crippen LogP) is 3.33. The first kappa shape index (κ1) is 22.0. The van der Waals surface area contributed by atoms with Crippen LogP contribution in [0.25, 0.3) is 0 Å². The number of hydrogen-bond donors (Lipinski definition) is 1. The summed E-state index contributed by atoms with van der Waals surface area (Å²) in [5.41, 5.74) is 0.0660. The van der Waals surface area contributed by atoms with E-state index in [1.54, 1.807) is 20.2 Å². The van der Waals surface area contributed by atoms with Gasteiger partial charge < -0.3 is 15.1 Å². The number of nitrogens with one attached hydrogen (secondary N) is 1. The molecule has 0 aromatic heterocycles. The van der Waals surface area contributed by atoms with E-state index in [1.807, 2.05) is 11.8 Å². The summed E-state index contributed by atoms with van der Waals surface area (Å²) in [4.78, 5) is 19.9. The fraction of sp³-hybridized carbons (Fsp3) is 0.600. The zero-order valence-electron chi connectivity index (χ0n) is 16.9. The van der Waals surface area contributed by atoms with Crippen LogP contribution in [0.4, 0.5) is 13.2 Å². The molecule has 0 spiro atoms. The first-order valence-electron chi connectivity index (χ1n) is 9.55. The predicted molar refractivity (Wildman–Crippen MR) is 104 cm³/mol. The Morgan fingerprint density at radius 3 is 2.71 bits per heavy atom. The van der Waals surface area contributed by atoms with Gasteiger partial charge in [0.1, 0.15) is 6.54 Å². The molecule has 0 saturated carbocycles. The molecule has 2 unspecified atom stereocenters. The van der Waals surface area contributed by atoms with Crippen LogP contribution in [0, 0.1) is 0 Å². The van der Waals surface area contributed by atoms with E-state index < -0.39 is 11.7 Å². The summed E-state index contributed by atoms with van der Waals surface area (Å²) in [5, 5.41) is 3.34. The van der Waals surface area contributed by atoms with Gasteiger partial charge in [0, 0.05) is 39.1 Å². The Kier molecular flexibility index (Phi) is 7.32. The van der Waals surface area contributed by atoms with Gasteiger partial charge in [0.25, 0.3) is 0 Å². The molecule has 0 aliphatic carbocycles. The molecular weight excluding hydrogens is 369 g/mol. The Labute approximate surface area is 164 Å². The maximum absolute atomic E-state index is 13.0. The number of nitrogens with zero attached hydrogens (tertiary/aromatic N) is 3. The Balaban J connectivity index is 2.15. The van der Waals surface area contributed by atoms with Crippen molar-refractivity contribution in [3.8, 4) is 0 Å². The van der Waals surface area contributed by atoms with Crippen molar-refractivity contribution < 1.29 is 18.0 Å². The highest BCUT2D eigenvalue weighted by molar-refractivity contribution is 5.85. The molecule has 28 heavy (non-hydrogen) atoms. The van der Waals surface area contributed by atoms with Crippen molar-refractivity contribution in [1.82, 2.24) is 15.1 Å². The van der Waals surface area contributed by atoms with Crippen LogP contribution in [0.15, 0.2) is 29.3 Å². The largest absolute Gasteiger partial charge is 0.416 e. The highest BCUT2D eigenvalue weighted by Crippen LogP contribution is 2.33. The molecule has 0 bridgehead atoms. The third-order valence-corrected chi connectivity index (χ3v) is 5.02. The van der Waals surface area contributed by atoms with Crippen molar-refractivity contribution in [3.63, 3.8) is 0 Å². The summed E-state index contributed by atoms with van der Waals surface area (Å²) in [7, 11) is 3.36. The standard InChI is InChI=1S/C20H29F3N4O/c1-5-14(2)25-19(24-12-18(28)26(3)4)27-10-9-16(13-27)15-7-6-8-17(11-15)20(21,22)23/h6-8,11,14,16H,5,9-10,12-13H2,1-4H3,(H,24,25). The number of amides is 1. The number of hydrogen-bond acceptors (Lipinski definition) is 2. The smallest absolute Gasteiger partial charge is 0.354 e. The second-order valence-corrected chi connectivity index (χ2v) is 7.44. The summed E-state index contributed by atoms with van der Waals surface area (Å²) < 4.78 is 39.0. The van der Waals surface area contributed by atoms with E-state index in [9.17, 15) is 18.0 Å². The van der Waals surface area contributed by atoms with Crippen molar-refractivity contribution in [2.45, 2.75) is 44.8 Å². The van der Waals surface area contributed by atoms with Crippen molar-refractivity contribution in [3.05, 3.63) is 35.4 Å². The molecule has 1 fully saturated rings. The molecule has 8 heteroatoms. The van der Waals surface area contributed by atoms with E-state index in [2.05, 4.69) is 17.2 Å². The number of carbonyl (C=O) groups is 1. The van der Waals surface area contributed by atoms with E-state index in [0.717, 1.165) is 18.9 Å². The molecular formula is C20H29F3N4O. The lowest BCUT2D eigenvalue weighted by Crippen LogP contribution is -2.44. The number of aliphatic imine (C=N–C) groups is 1. The van der Waals surface area contributed by atoms with Crippen LogP contribution in [0.1, 0.15) is 43.7 Å². The number of benzene rings is 1. The van der Waals surface area contributed by atoms with E-state index in [0.29, 0.717) is 24.6 Å². The zero-order chi connectivity index (χ0) is 20.9. The first-order valence-corrected chi connectivity index (χ1v) is 9.55. The molecule has 5 nitrogen and oxygen atoms in total. The van der Waals surface area contributed by atoms with Crippen molar-refractivity contribution in [1.29, 1.82) is 0 Å². The molecule has 1 amide bonds. The Hall–Kier alpha value is -2.25. The quantitative estimate of drug-likeness (QED) is 0.611. The second-order valence-electron chi connectivity index (χ2n) is 7.44. The molecule has 0 radical (unpaired) electrons. The number of halogens is 3. The van der Waals surface area contributed by atoms with Crippen LogP contribution in [0.2, 0.25) is 0 Å². The lowest BCUT2D eigenvalue weighted by Gasteiger charge is -2.25. The third kappa shape index (κ3) is 5.87. The summed E-state index contributed by atoms with van der Waals surface area (Å²) in [5.74, 6) is 0.534. The molecule has 1 aliphatic heterocycles. The second kappa shape index (κ2) is 9.30. The lowest BCUT2D eigenvalue weighted by molar-refractivity contribution is -0.137. The summed E-state index contributed by atoms with van der Waals surface area (Å²) >= 11 is 0. The van der Waals surface area contributed by atoms with Gasteiger partial charge in [0.2, 0.25) is 5.91 Å². The fourth-order valence-corrected chi connectivity index (χ4v) is 3.04. The number of likely N-dealkylation sites (N-methyl/N-ethyl adjacent to an activating group) is 1. The van der Waals surface area contributed by atoms with Crippen LogP contribution < -0.4 is 5.32 Å². The van der Waals surface area contributed by atoms with E-state index in [4.69, 9.17) is 0 Å². The molecule has 1 aromatic rings. The number of guanidine groups is 1. The van der Waals surface area contributed by atoms with Gasteiger partial charge in [-0.2, -0.15) is 13.2 Å². The summed E-state index contributed by atoms with van der Waals surface area (Å²) in [6.07, 6.45) is -2.71. The average molecular weight is 398 g/mol. The molecule has 1 aliphatic rings. The molecule has 2 atom stereocenters.